The monoisotopic (exact) mass is 437 g/mol. The van der Waals surface area contributed by atoms with Crippen LogP contribution in [0.15, 0.2) is 42.5 Å². The second kappa shape index (κ2) is 7.17. The molecule has 1 aliphatic heterocycles. The summed E-state index contributed by atoms with van der Waals surface area (Å²) >= 11 is 1.42. The van der Waals surface area contributed by atoms with Crippen molar-refractivity contribution >= 4 is 61.1 Å². The van der Waals surface area contributed by atoms with E-state index >= 15 is 0 Å². The van der Waals surface area contributed by atoms with Gasteiger partial charge in [0.05, 0.1) is 16.1 Å². The van der Waals surface area contributed by atoms with Crippen LogP contribution in [0.3, 0.4) is 0 Å². The highest BCUT2D eigenvalue weighted by molar-refractivity contribution is 7.21. The molecule has 0 spiro atoms. The van der Waals surface area contributed by atoms with Crippen LogP contribution in [0.5, 0.6) is 0 Å². The molecule has 3 heterocycles. The summed E-state index contributed by atoms with van der Waals surface area (Å²) in [6.07, 6.45) is 0. The SMILES string of the molecule is CC1CNc2c(sc3ccc4nc(Nc5cc(F)ccc5[N+](=O)[O-])ccc4c23)C(=O)N1. The van der Waals surface area contributed by atoms with Crippen molar-refractivity contribution < 1.29 is 14.1 Å². The second-order valence-electron chi connectivity index (χ2n) is 7.31. The van der Waals surface area contributed by atoms with E-state index in [-0.39, 0.29) is 23.3 Å². The van der Waals surface area contributed by atoms with Gasteiger partial charge in [-0.15, -0.1) is 11.3 Å². The van der Waals surface area contributed by atoms with E-state index in [1.54, 1.807) is 6.07 Å². The number of pyridine rings is 1. The summed E-state index contributed by atoms with van der Waals surface area (Å²) in [6, 6.07) is 10.5. The van der Waals surface area contributed by atoms with Crippen molar-refractivity contribution in [1.82, 2.24) is 10.3 Å². The highest BCUT2D eigenvalue weighted by Crippen LogP contribution is 2.41. The lowest BCUT2D eigenvalue weighted by atomic mass is 10.1. The van der Waals surface area contributed by atoms with Crippen molar-refractivity contribution in [2.75, 3.05) is 17.2 Å². The number of aromatic nitrogens is 1. The molecule has 31 heavy (non-hydrogen) atoms. The van der Waals surface area contributed by atoms with Gasteiger partial charge in [0.15, 0.2) is 0 Å². The number of halogens is 1. The smallest absolute Gasteiger partial charge is 0.292 e. The van der Waals surface area contributed by atoms with Gasteiger partial charge in [0.25, 0.3) is 11.6 Å². The molecule has 1 atom stereocenters. The molecule has 4 aromatic rings. The average Bonchev–Trinajstić information content (AvgIpc) is 3.04. The van der Waals surface area contributed by atoms with Gasteiger partial charge in [0.2, 0.25) is 0 Å². The molecule has 0 saturated carbocycles. The molecule has 8 nitrogen and oxygen atoms in total. The lowest BCUT2D eigenvalue weighted by Crippen LogP contribution is -2.34. The number of carbonyl (C=O) groups is 1. The summed E-state index contributed by atoms with van der Waals surface area (Å²) in [5.74, 6) is -0.345. The van der Waals surface area contributed by atoms with Crippen LogP contribution in [-0.4, -0.2) is 28.4 Å². The van der Waals surface area contributed by atoms with Gasteiger partial charge in [-0.3, -0.25) is 14.9 Å². The topological polar surface area (TPSA) is 109 Å². The van der Waals surface area contributed by atoms with Gasteiger partial charge in [-0.25, -0.2) is 9.37 Å². The predicted molar refractivity (Wildman–Crippen MR) is 119 cm³/mol. The molecule has 2 aromatic heterocycles. The van der Waals surface area contributed by atoms with Gasteiger partial charge >= 0.3 is 0 Å². The number of anilines is 3. The predicted octanol–water partition coefficient (Wildman–Crippen LogP) is 4.78. The summed E-state index contributed by atoms with van der Waals surface area (Å²) in [6.45, 7) is 2.55. The maximum absolute atomic E-state index is 13.6. The third-order valence-electron chi connectivity index (χ3n) is 5.11. The van der Waals surface area contributed by atoms with E-state index in [1.807, 2.05) is 25.1 Å². The largest absolute Gasteiger partial charge is 0.381 e. The Labute approximate surface area is 179 Å². The lowest BCUT2D eigenvalue weighted by molar-refractivity contribution is -0.384. The van der Waals surface area contributed by atoms with Gasteiger partial charge in [-0.2, -0.15) is 0 Å². The van der Waals surface area contributed by atoms with Crippen LogP contribution in [0, 0.1) is 15.9 Å². The molecular formula is C21H16FN5O3S. The molecule has 0 bridgehead atoms. The Hall–Kier alpha value is -3.79. The van der Waals surface area contributed by atoms with Crippen molar-refractivity contribution in [2.45, 2.75) is 13.0 Å². The maximum Gasteiger partial charge on any atom is 0.292 e. The van der Waals surface area contributed by atoms with E-state index in [0.29, 0.717) is 22.8 Å². The van der Waals surface area contributed by atoms with E-state index in [1.165, 1.54) is 11.3 Å². The zero-order chi connectivity index (χ0) is 21.7. The number of hydrogen-bond donors (Lipinski definition) is 3. The summed E-state index contributed by atoms with van der Waals surface area (Å²) in [4.78, 5) is 28.4. The Morgan fingerprint density at radius 2 is 2.10 bits per heavy atom. The highest BCUT2D eigenvalue weighted by Gasteiger charge is 2.25. The van der Waals surface area contributed by atoms with Crippen molar-refractivity contribution in [3.8, 4) is 0 Å². The fourth-order valence-electron chi connectivity index (χ4n) is 3.70. The number of amides is 1. The molecule has 3 N–H and O–H groups in total. The summed E-state index contributed by atoms with van der Waals surface area (Å²) in [5, 5.41) is 22.2. The van der Waals surface area contributed by atoms with Crippen LogP contribution in [-0.2, 0) is 0 Å². The minimum absolute atomic E-state index is 0.00751. The average molecular weight is 437 g/mol. The van der Waals surface area contributed by atoms with Crippen molar-refractivity contribution in [1.29, 1.82) is 0 Å². The Bertz CT molecular complexity index is 1390. The molecular weight excluding hydrogens is 421 g/mol. The number of nitro groups is 1. The zero-order valence-electron chi connectivity index (χ0n) is 16.2. The van der Waals surface area contributed by atoms with E-state index in [2.05, 4.69) is 20.9 Å². The van der Waals surface area contributed by atoms with Crippen molar-refractivity contribution in [3.63, 3.8) is 0 Å². The summed E-state index contributed by atoms with van der Waals surface area (Å²) in [5.41, 5.74) is 1.22. The van der Waals surface area contributed by atoms with Gasteiger partial charge in [-0.1, -0.05) is 0 Å². The fraction of sp³-hybridized carbons (Fsp3) is 0.143. The molecule has 0 aliphatic carbocycles. The Balaban J connectivity index is 1.61. The molecule has 2 aromatic carbocycles. The first-order valence-corrected chi connectivity index (χ1v) is 10.3. The molecule has 0 radical (unpaired) electrons. The van der Waals surface area contributed by atoms with E-state index in [4.69, 9.17) is 0 Å². The Morgan fingerprint density at radius 1 is 1.26 bits per heavy atom. The van der Waals surface area contributed by atoms with Gasteiger partial charge in [0.1, 0.15) is 22.2 Å². The molecule has 156 valence electrons. The molecule has 0 fully saturated rings. The van der Waals surface area contributed by atoms with Gasteiger partial charge < -0.3 is 16.0 Å². The van der Waals surface area contributed by atoms with Crippen molar-refractivity contribution in [3.05, 3.63) is 63.3 Å². The highest BCUT2D eigenvalue weighted by atomic mass is 32.1. The number of carbonyl (C=O) groups excluding carboxylic acids is 1. The van der Waals surface area contributed by atoms with Crippen LogP contribution < -0.4 is 16.0 Å². The minimum Gasteiger partial charge on any atom is -0.381 e. The molecule has 1 aliphatic rings. The number of nitrogens with one attached hydrogen (secondary N) is 3. The molecule has 1 amide bonds. The molecule has 0 saturated heterocycles. The van der Waals surface area contributed by atoms with Crippen molar-refractivity contribution in [2.24, 2.45) is 0 Å². The van der Waals surface area contributed by atoms with Crippen LogP contribution in [0.25, 0.3) is 21.0 Å². The van der Waals surface area contributed by atoms with Crippen LogP contribution in [0.2, 0.25) is 0 Å². The normalized spacial score (nSPS) is 15.8. The van der Waals surface area contributed by atoms with Crippen LogP contribution >= 0.6 is 11.3 Å². The number of nitrogens with zero attached hydrogens (tertiary/aromatic N) is 2. The number of nitro benzene ring substituents is 1. The fourth-order valence-corrected chi connectivity index (χ4v) is 4.80. The number of thiophene rings is 1. The Kier molecular flexibility index (Phi) is 4.44. The number of rotatable bonds is 3. The zero-order valence-corrected chi connectivity index (χ0v) is 17.0. The minimum atomic E-state index is -0.588. The second-order valence-corrected chi connectivity index (χ2v) is 8.36. The third kappa shape index (κ3) is 3.30. The first kappa shape index (κ1) is 19.2. The van der Waals surface area contributed by atoms with Crippen LogP contribution in [0.4, 0.5) is 27.3 Å². The van der Waals surface area contributed by atoms with Crippen LogP contribution in [0.1, 0.15) is 16.6 Å². The third-order valence-corrected chi connectivity index (χ3v) is 6.26. The quantitative estimate of drug-likeness (QED) is 0.314. The molecule has 10 heteroatoms. The lowest BCUT2D eigenvalue weighted by Gasteiger charge is -2.11. The first-order chi connectivity index (χ1) is 14.9. The number of benzene rings is 2. The Morgan fingerprint density at radius 3 is 2.90 bits per heavy atom. The van der Waals surface area contributed by atoms with Gasteiger partial charge in [-0.05, 0) is 37.3 Å². The van der Waals surface area contributed by atoms with Gasteiger partial charge in [0, 0.05) is 40.2 Å². The number of hydrogen-bond acceptors (Lipinski definition) is 7. The summed E-state index contributed by atoms with van der Waals surface area (Å²) in [7, 11) is 0. The number of fused-ring (bicyclic) bond motifs is 5. The summed E-state index contributed by atoms with van der Waals surface area (Å²) < 4.78 is 14.6. The van der Waals surface area contributed by atoms with E-state index in [9.17, 15) is 19.3 Å². The van der Waals surface area contributed by atoms with E-state index < -0.39 is 10.7 Å². The molecule has 5 rings (SSSR count). The maximum atomic E-state index is 13.6. The first-order valence-electron chi connectivity index (χ1n) is 9.52. The van der Waals surface area contributed by atoms with E-state index in [0.717, 1.165) is 39.4 Å². The molecule has 1 unspecified atom stereocenters. The standard InChI is InChI=1S/C21H16FN5O3S/c1-10-9-23-19-18-12-3-7-17(26-14-8-11(22)2-5-15(14)27(29)30)25-13(12)4-6-16(18)31-20(19)21(28)24-10/h2-8,10,23H,9H2,1H3,(H,24,28)(H,25,26).